The van der Waals surface area contributed by atoms with E-state index in [2.05, 4.69) is 19.9 Å². The Bertz CT molecular complexity index is 1030. The van der Waals surface area contributed by atoms with Gasteiger partial charge in [-0.05, 0) is 32.8 Å². The molecule has 1 saturated heterocycles. The Morgan fingerprint density at radius 3 is 2.92 bits per heavy atom. The summed E-state index contributed by atoms with van der Waals surface area (Å²) in [6.07, 6.45) is 6.93. The van der Waals surface area contributed by atoms with Crippen molar-refractivity contribution in [2.24, 2.45) is 0 Å². The highest BCUT2D eigenvalue weighted by atomic mass is 32.2. The minimum absolute atomic E-state index is 0.105. The molecule has 1 aliphatic heterocycles. The number of H-pyrrole nitrogens is 1. The lowest BCUT2D eigenvalue weighted by molar-refractivity contribution is 0.311. The highest BCUT2D eigenvalue weighted by molar-refractivity contribution is 7.89. The van der Waals surface area contributed by atoms with Gasteiger partial charge in [0.2, 0.25) is 10.0 Å². The van der Waals surface area contributed by atoms with Crippen LogP contribution in [0.1, 0.15) is 38.3 Å². The van der Waals surface area contributed by atoms with Gasteiger partial charge in [-0.2, -0.15) is 0 Å². The fourth-order valence-electron chi connectivity index (χ4n) is 3.60. The molecule has 25 heavy (non-hydrogen) atoms. The smallest absolute Gasteiger partial charge is 0.216 e. The number of pyridine rings is 1. The highest BCUT2D eigenvalue weighted by Crippen LogP contribution is 2.34. The zero-order valence-electron chi connectivity index (χ0n) is 14.3. The number of rotatable bonds is 3. The molecule has 1 unspecified atom stereocenters. The van der Waals surface area contributed by atoms with E-state index in [0.29, 0.717) is 18.7 Å². The average Bonchev–Trinajstić information content (AvgIpc) is 3.10. The van der Waals surface area contributed by atoms with Crippen molar-refractivity contribution in [3.05, 3.63) is 30.5 Å². The van der Waals surface area contributed by atoms with Gasteiger partial charge in [0.05, 0.1) is 23.3 Å². The Morgan fingerprint density at radius 1 is 1.28 bits per heavy atom. The van der Waals surface area contributed by atoms with Gasteiger partial charge in [0.15, 0.2) is 5.65 Å². The Hall–Kier alpha value is -2.06. The van der Waals surface area contributed by atoms with Crippen LogP contribution in [0, 0.1) is 0 Å². The van der Waals surface area contributed by atoms with Crippen molar-refractivity contribution in [1.82, 2.24) is 24.2 Å². The van der Waals surface area contributed by atoms with Gasteiger partial charge in [-0.15, -0.1) is 0 Å². The van der Waals surface area contributed by atoms with E-state index in [1.165, 1.54) is 0 Å². The molecule has 4 rings (SSSR count). The molecule has 8 heteroatoms. The van der Waals surface area contributed by atoms with Crippen LogP contribution in [0.3, 0.4) is 0 Å². The van der Waals surface area contributed by atoms with Crippen molar-refractivity contribution >= 4 is 32.0 Å². The summed E-state index contributed by atoms with van der Waals surface area (Å²) < 4.78 is 26.8. The van der Waals surface area contributed by atoms with Crippen molar-refractivity contribution in [1.29, 1.82) is 0 Å². The summed E-state index contributed by atoms with van der Waals surface area (Å²) in [5, 5.41) is 1.55. The molecule has 1 aliphatic rings. The minimum Gasteiger partial charge on any atom is -0.349 e. The van der Waals surface area contributed by atoms with Crippen molar-refractivity contribution in [2.75, 3.05) is 13.1 Å². The number of nitrogens with one attached hydrogen (secondary N) is 1. The van der Waals surface area contributed by atoms with Gasteiger partial charge in [0.1, 0.15) is 0 Å². The quantitative estimate of drug-likeness (QED) is 0.775. The summed E-state index contributed by atoms with van der Waals surface area (Å²) in [6.45, 7) is 4.55. The fourth-order valence-corrected chi connectivity index (χ4v) is 4.97. The number of hydrogen-bond donors (Lipinski definition) is 1. The summed E-state index contributed by atoms with van der Waals surface area (Å²) >= 11 is 0. The second kappa shape index (κ2) is 6.03. The molecule has 0 aromatic carbocycles. The number of aromatic nitrogens is 4. The maximum atomic E-state index is 12.6. The molecule has 1 fully saturated rings. The van der Waals surface area contributed by atoms with E-state index in [4.69, 9.17) is 0 Å². The van der Waals surface area contributed by atoms with E-state index in [-0.39, 0.29) is 5.92 Å². The average molecular weight is 359 g/mol. The van der Waals surface area contributed by atoms with Gasteiger partial charge in [0, 0.05) is 41.7 Å². The monoisotopic (exact) mass is 359 g/mol. The second-order valence-electron chi connectivity index (χ2n) is 6.81. The van der Waals surface area contributed by atoms with Gasteiger partial charge in [-0.1, -0.05) is 0 Å². The normalized spacial score (nSPS) is 19.9. The molecule has 3 aromatic heterocycles. The summed E-state index contributed by atoms with van der Waals surface area (Å²) in [5.74, 6) is 0.105. The molecule has 1 atom stereocenters. The van der Waals surface area contributed by atoms with Crippen LogP contribution >= 0.6 is 0 Å². The van der Waals surface area contributed by atoms with E-state index >= 15 is 0 Å². The summed E-state index contributed by atoms with van der Waals surface area (Å²) in [5.41, 5.74) is 2.52. The van der Waals surface area contributed by atoms with Crippen LogP contribution in [0.4, 0.5) is 0 Å². The van der Waals surface area contributed by atoms with Crippen LogP contribution < -0.4 is 0 Å². The van der Waals surface area contributed by atoms with Crippen LogP contribution in [-0.4, -0.2) is 51.0 Å². The number of nitrogens with zero attached hydrogens (tertiary/aromatic N) is 4. The van der Waals surface area contributed by atoms with E-state index in [9.17, 15) is 8.42 Å². The van der Waals surface area contributed by atoms with Gasteiger partial charge in [-0.3, -0.25) is 0 Å². The third kappa shape index (κ3) is 2.69. The van der Waals surface area contributed by atoms with Crippen molar-refractivity contribution < 1.29 is 8.42 Å². The maximum Gasteiger partial charge on any atom is 0.216 e. The molecule has 0 spiro atoms. The van der Waals surface area contributed by atoms with Gasteiger partial charge >= 0.3 is 0 Å². The standard InChI is InChI=1S/C17H21N5O2S/c1-11(2)25(23,24)22-7-3-4-12(9-22)16-15-13-5-6-18-17(13)19-8-14(15)20-10-21-16/h5-6,8,10-12H,3-4,7,9H2,1-2H3,(H,20,21). The first kappa shape index (κ1) is 16.4. The zero-order chi connectivity index (χ0) is 17.6. The summed E-state index contributed by atoms with van der Waals surface area (Å²) in [7, 11) is -3.25. The molecule has 132 valence electrons. The lowest BCUT2D eigenvalue weighted by Crippen LogP contribution is -2.42. The third-order valence-electron chi connectivity index (χ3n) is 4.95. The van der Waals surface area contributed by atoms with Crippen LogP contribution in [-0.2, 0) is 10.0 Å². The first-order chi connectivity index (χ1) is 12.0. The fraction of sp³-hybridized carbons (Fsp3) is 0.471. The molecule has 0 aliphatic carbocycles. The van der Waals surface area contributed by atoms with Crippen molar-refractivity contribution in [3.8, 4) is 0 Å². The van der Waals surface area contributed by atoms with Gasteiger partial charge < -0.3 is 4.98 Å². The summed E-state index contributed by atoms with van der Waals surface area (Å²) in [4.78, 5) is 16.3. The van der Waals surface area contributed by atoms with Gasteiger partial charge in [-0.25, -0.2) is 27.7 Å². The zero-order valence-corrected chi connectivity index (χ0v) is 15.1. The predicted octanol–water partition coefficient (Wildman–Crippen LogP) is 2.42. The molecule has 3 aromatic rings. The minimum atomic E-state index is -3.25. The van der Waals surface area contributed by atoms with E-state index in [0.717, 1.165) is 34.8 Å². The Labute approximate surface area is 146 Å². The Kier molecular flexibility index (Phi) is 3.96. The molecular formula is C17H21N5O2S. The maximum absolute atomic E-state index is 12.6. The molecule has 7 nitrogen and oxygen atoms in total. The number of piperidine rings is 1. The molecule has 4 heterocycles. The summed E-state index contributed by atoms with van der Waals surface area (Å²) in [6, 6.07) is 1.94. The SMILES string of the molecule is CC(C)S(=O)(=O)N1CCCC(c2[nH]cnc3cnc4nccc4c23)C1. The lowest BCUT2D eigenvalue weighted by atomic mass is 9.93. The van der Waals surface area contributed by atoms with Crippen molar-refractivity contribution in [2.45, 2.75) is 37.9 Å². The second-order valence-corrected chi connectivity index (χ2v) is 9.30. The van der Waals surface area contributed by atoms with E-state index in [1.54, 1.807) is 36.9 Å². The van der Waals surface area contributed by atoms with Gasteiger partial charge in [0.25, 0.3) is 0 Å². The van der Waals surface area contributed by atoms with Crippen LogP contribution in [0.15, 0.2) is 24.8 Å². The first-order valence-electron chi connectivity index (χ1n) is 8.54. The largest absolute Gasteiger partial charge is 0.349 e. The molecule has 0 amide bonds. The highest BCUT2D eigenvalue weighted by Gasteiger charge is 2.32. The third-order valence-corrected chi connectivity index (χ3v) is 7.20. The van der Waals surface area contributed by atoms with Crippen LogP contribution in [0.2, 0.25) is 0 Å². The lowest BCUT2D eigenvalue weighted by Gasteiger charge is -2.33. The molecule has 0 radical (unpaired) electrons. The van der Waals surface area contributed by atoms with Crippen LogP contribution in [0.5, 0.6) is 0 Å². The van der Waals surface area contributed by atoms with Crippen LogP contribution in [0.25, 0.3) is 21.9 Å². The topological polar surface area (TPSA) is 91.8 Å². The Balaban J connectivity index is 1.80. The van der Waals surface area contributed by atoms with E-state index in [1.807, 2.05) is 6.07 Å². The first-order valence-corrected chi connectivity index (χ1v) is 10.0. The van der Waals surface area contributed by atoms with E-state index < -0.39 is 15.3 Å². The Morgan fingerprint density at radius 2 is 2.12 bits per heavy atom. The number of fused-ring (bicyclic) bond motifs is 3. The molecular weight excluding hydrogens is 338 g/mol. The number of sulfonamides is 1. The number of hydrogen-bond acceptors (Lipinski definition) is 5. The molecule has 1 N–H and O–H groups in total. The van der Waals surface area contributed by atoms with Crippen molar-refractivity contribution in [3.63, 3.8) is 0 Å². The number of aromatic amines is 1. The predicted molar refractivity (Wildman–Crippen MR) is 96.8 cm³/mol. The molecule has 0 bridgehead atoms. The molecule has 0 saturated carbocycles.